The molecule has 1 saturated heterocycles. The zero-order valence-corrected chi connectivity index (χ0v) is 16.9. The van der Waals surface area contributed by atoms with Crippen molar-refractivity contribution in [2.45, 2.75) is 31.2 Å². The van der Waals surface area contributed by atoms with E-state index in [1.807, 2.05) is 4.90 Å². The molecule has 0 amide bonds. The predicted molar refractivity (Wildman–Crippen MR) is 101 cm³/mol. The van der Waals surface area contributed by atoms with Crippen molar-refractivity contribution in [3.63, 3.8) is 0 Å². The summed E-state index contributed by atoms with van der Waals surface area (Å²) >= 11 is 6.16. The second-order valence-electron chi connectivity index (χ2n) is 6.87. The van der Waals surface area contributed by atoms with Crippen molar-refractivity contribution in [2.75, 3.05) is 24.5 Å². The minimum atomic E-state index is -4.94. The molecule has 0 spiro atoms. The molecule has 1 aliphatic heterocycles. The Kier molecular flexibility index (Phi) is 5.98. The Morgan fingerprint density at radius 1 is 1.38 bits per heavy atom. The number of piperidine rings is 1. The summed E-state index contributed by atoms with van der Waals surface area (Å²) in [5.74, 6) is 0.598. The number of fused-ring (bicyclic) bond motifs is 1. The summed E-state index contributed by atoms with van der Waals surface area (Å²) in [5, 5.41) is 14.9. The molecule has 9 nitrogen and oxygen atoms in total. The Morgan fingerprint density at radius 2 is 2.00 bits per heavy atom. The van der Waals surface area contributed by atoms with E-state index in [1.54, 1.807) is 17.8 Å². The highest BCUT2D eigenvalue weighted by atomic mass is 35.5. The highest BCUT2D eigenvalue weighted by Crippen LogP contribution is 2.32. The molecule has 0 saturated carbocycles. The van der Waals surface area contributed by atoms with Crippen LogP contribution in [0.4, 0.5) is 19.0 Å². The van der Waals surface area contributed by atoms with Crippen molar-refractivity contribution in [1.82, 2.24) is 18.8 Å². The number of aromatic nitrogens is 3. The van der Waals surface area contributed by atoms with Crippen LogP contribution >= 0.6 is 11.6 Å². The lowest BCUT2D eigenvalue weighted by Gasteiger charge is -2.38. The summed E-state index contributed by atoms with van der Waals surface area (Å²) in [4.78, 5) is 10.3. The normalized spacial score (nSPS) is 18.0. The third-order valence-electron chi connectivity index (χ3n) is 4.92. The van der Waals surface area contributed by atoms with Crippen LogP contribution in [0.5, 0.6) is 0 Å². The Morgan fingerprint density at radius 3 is 2.55 bits per heavy atom. The molecule has 1 aliphatic rings. The molecular weight excluding hydrogens is 437 g/mol. The van der Waals surface area contributed by atoms with Crippen LogP contribution in [0.25, 0.3) is 11.0 Å². The van der Waals surface area contributed by atoms with Gasteiger partial charge < -0.3 is 14.6 Å². The first-order chi connectivity index (χ1) is 13.4. The Balaban J connectivity index is 1.79. The van der Waals surface area contributed by atoms with E-state index in [9.17, 15) is 26.7 Å². The number of rotatable bonds is 5. The highest BCUT2D eigenvalue weighted by Gasteiger charge is 2.43. The lowest BCUT2D eigenvalue weighted by Crippen LogP contribution is -2.53. The van der Waals surface area contributed by atoms with Crippen LogP contribution in [-0.4, -0.2) is 70.3 Å². The quantitative estimate of drug-likeness (QED) is 0.693. The summed E-state index contributed by atoms with van der Waals surface area (Å²) in [6.07, 6.45) is -4.27. The molecule has 3 heterocycles. The van der Waals surface area contributed by atoms with Crippen molar-refractivity contribution in [2.24, 2.45) is 12.2 Å². The van der Waals surface area contributed by atoms with Gasteiger partial charge in [0.25, 0.3) is 10.2 Å². The molecule has 1 atom stereocenters. The molecule has 2 aromatic heterocycles. The average Bonchev–Trinajstić information content (AvgIpc) is 2.92. The first kappa shape index (κ1) is 22.0. The average molecular weight is 457 g/mol. The lowest BCUT2D eigenvalue weighted by molar-refractivity contribution is -0.206. The molecule has 0 bridgehead atoms. The van der Waals surface area contributed by atoms with Crippen molar-refractivity contribution in [3.05, 3.63) is 17.5 Å². The summed E-state index contributed by atoms with van der Waals surface area (Å²) in [6.45, 7) is -0.487. The van der Waals surface area contributed by atoms with Gasteiger partial charge in [0.05, 0.1) is 11.6 Å². The van der Waals surface area contributed by atoms with Gasteiger partial charge in [-0.05, 0) is 12.8 Å². The van der Waals surface area contributed by atoms with E-state index in [-0.39, 0.29) is 12.8 Å². The third kappa shape index (κ3) is 4.58. The molecule has 0 aromatic carbocycles. The first-order valence-corrected chi connectivity index (χ1v) is 10.5. The number of hydrogen-bond acceptors (Lipinski definition) is 6. The van der Waals surface area contributed by atoms with Gasteiger partial charge in [-0.1, -0.05) is 11.6 Å². The fraction of sp³-hybridized carbons (Fsp3) is 0.600. The van der Waals surface area contributed by atoms with Crippen LogP contribution in [0, 0.1) is 0 Å². The number of aryl methyl sites for hydroxylation is 1. The predicted octanol–water partition coefficient (Wildman–Crippen LogP) is 1.02. The van der Waals surface area contributed by atoms with E-state index in [4.69, 9.17) is 16.7 Å². The third-order valence-corrected chi connectivity index (χ3v) is 6.30. The number of aliphatic hydroxyl groups excluding tert-OH is 1. The van der Waals surface area contributed by atoms with Crippen LogP contribution < -0.4 is 10.0 Å². The Hall–Kier alpha value is -1.67. The summed E-state index contributed by atoms with van der Waals surface area (Å²) in [7, 11) is -2.65. The summed E-state index contributed by atoms with van der Waals surface area (Å²) < 4.78 is 64.0. The first-order valence-electron chi connectivity index (χ1n) is 8.64. The maximum absolute atomic E-state index is 12.7. The standard InChI is InChI=1S/C15H20ClF3N6O3S/c1-23-6-10(16)12-13(23)14(22-8-21-12)24-4-2-9(3-5-24)25(29(20,27)28)7-11(26)15(17,18)19/h6,8-9,11,26H,2-5,7H2,1H3,(H2,20,27,28). The fourth-order valence-corrected chi connectivity index (χ4v) is 4.76. The Bertz CT molecular complexity index is 991. The van der Waals surface area contributed by atoms with Gasteiger partial charge in [-0.3, -0.25) is 0 Å². The largest absolute Gasteiger partial charge is 0.415 e. The van der Waals surface area contributed by atoms with Gasteiger partial charge in [0.15, 0.2) is 11.9 Å². The van der Waals surface area contributed by atoms with Crippen LogP contribution in [0.1, 0.15) is 12.8 Å². The van der Waals surface area contributed by atoms with E-state index < -0.39 is 35.1 Å². The smallest absolute Gasteiger partial charge is 0.382 e. The van der Waals surface area contributed by atoms with Gasteiger partial charge >= 0.3 is 6.18 Å². The van der Waals surface area contributed by atoms with Gasteiger partial charge in [0.2, 0.25) is 0 Å². The fourth-order valence-electron chi connectivity index (χ4n) is 3.50. The number of alkyl halides is 3. The molecule has 1 unspecified atom stereocenters. The number of aliphatic hydroxyl groups is 1. The van der Waals surface area contributed by atoms with Gasteiger partial charge in [-0.2, -0.15) is 25.9 Å². The van der Waals surface area contributed by atoms with E-state index in [0.29, 0.717) is 39.3 Å². The summed E-state index contributed by atoms with van der Waals surface area (Å²) in [5.41, 5.74) is 1.27. The molecule has 3 rings (SSSR count). The minimum absolute atomic E-state index is 0.213. The maximum atomic E-state index is 12.7. The molecule has 3 N–H and O–H groups in total. The van der Waals surface area contributed by atoms with Crippen molar-refractivity contribution >= 4 is 38.7 Å². The number of anilines is 1. The van der Waals surface area contributed by atoms with Gasteiger partial charge in [-0.15, -0.1) is 0 Å². The van der Waals surface area contributed by atoms with Crippen molar-refractivity contribution in [3.8, 4) is 0 Å². The Labute approximate surface area is 170 Å². The number of nitrogens with two attached hydrogens (primary N) is 1. The topological polar surface area (TPSA) is 118 Å². The zero-order chi connectivity index (χ0) is 21.6. The van der Waals surface area contributed by atoms with Gasteiger partial charge in [0.1, 0.15) is 17.4 Å². The van der Waals surface area contributed by atoms with Crippen LogP contribution in [0.2, 0.25) is 5.02 Å². The zero-order valence-electron chi connectivity index (χ0n) is 15.3. The van der Waals surface area contributed by atoms with Crippen molar-refractivity contribution in [1.29, 1.82) is 0 Å². The SMILES string of the molecule is Cn1cc(Cl)c2ncnc(N3CCC(N(CC(O)C(F)(F)F)S(N)(=O)=O)CC3)c21. The molecule has 0 aliphatic carbocycles. The monoisotopic (exact) mass is 456 g/mol. The molecular formula is C15H20ClF3N6O3S. The van der Waals surface area contributed by atoms with Crippen LogP contribution in [0.15, 0.2) is 12.5 Å². The van der Waals surface area contributed by atoms with E-state index in [0.717, 1.165) is 0 Å². The van der Waals surface area contributed by atoms with Crippen molar-refractivity contribution < 1.29 is 26.7 Å². The number of nitrogens with zero attached hydrogens (tertiary/aromatic N) is 5. The van der Waals surface area contributed by atoms with E-state index in [2.05, 4.69) is 9.97 Å². The second-order valence-corrected chi connectivity index (χ2v) is 8.78. The molecule has 1 fully saturated rings. The molecule has 29 heavy (non-hydrogen) atoms. The van der Waals surface area contributed by atoms with Gasteiger partial charge in [0, 0.05) is 32.4 Å². The van der Waals surface area contributed by atoms with E-state index >= 15 is 0 Å². The maximum Gasteiger partial charge on any atom is 0.415 e. The van der Waals surface area contributed by atoms with E-state index in [1.165, 1.54) is 6.33 Å². The highest BCUT2D eigenvalue weighted by molar-refractivity contribution is 7.86. The molecule has 2 aromatic rings. The summed E-state index contributed by atoms with van der Waals surface area (Å²) in [6, 6.07) is -0.771. The lowest BCUT2D eigenvalue weighted by atomic mass is 10.0. The molecule has 0 radical (unpaired) electrons. The van der Waals surface area contributed by atoms with Crippen LogP contribution in [0.3, 0.4) is 0 Å². The van der Waals surface area contributed by atoms with Crippen LogP contribution in [-0.2, 0) is 17.3 Å². The minimum Gasteiger partial charge on any atom is -0.382 e. The molecule has 14 heteroatoms. The van der Waals surface area contributed by atoms with Gasteiger partial charge in [-0.25, -0.2) is 15.1 Å². The molecule has 162 valence electrons. The number of halogens is 4. The number of hydrogen-bond donors (Lipinski definition) is 2. The second kappa shape index (κ2) is 7.87.